The van der Waals surface area contributed by atoms with E-state index in [4.69, 9.17) is 0 Å². The monoisotopic (exact) mass is 407 g/mol. The van der Waals surface area contributed by atoms with Crippen molar-refractivity contribution in [3.63, 3.8) is 0 Å². The van der Waals surface area contributed by atoms with Crippen LogP contribution in [0.4, 0.5) is 15.9 Å². The van der Waals surface area contributed by atoms with E-state index in [1.807, 2.05) is 49.3 Å². The summed E-state index contributed by atoms with van der Waals surface area (Å²) in [5.41, 5.74) is 3.39. The fraction of sp³-hybridized carbons (Fsp3) is 0.304. The maximum absolute atomic E-state index is 13.2. The molecular formula is C23H26FN5O. The first-order chi connectivity index (χ1) is 14.5. The predicted molar refractivity (Wildman–Crippen MR) is 117 cm³/mol. The van der Waals surface area contributed by atoms with Crippen molar-refractivity contribution in [2.24, 2.45) is 0 Å². The van der Waals surface area contributed by atoms with Gasteiger partial charge in [-0.25, -0.2) is 4.39 Å². The molecule has 7 heteroatoms. The van der Waals surface area contributed by atoms with Gasteiger partial charge in [0.1, 0.15) is 5.82 Å². The second-order valence-electron chi connectivity index (χ2n) is 7.85. The van der Waals surface area contributed by atoms with Gasteiger partial charge in [-0.15, -0.1) is 0 Å². The largest absolute Gasteiger partial charge is 0.378 e. The molecule has 0 unspecified atom stereocenters. The molecule has 2 heterocycles. The number of halogens is 1. The van der Waals surface area contributed by atoms with Gasteiger partial charge in [0, 0.05) is 50.5 Å². The number of aromatic amines is 1. The molecule has 30 heavy (non-hydrogen) atoms. The quantitative estimate of drug-likeness (QED) is 0.677. The number of carbonyl (C=O) groups is 1. The van der Waals surface area contributed by atoms with Crippen LogP contribution < -0.4 is 15.1 Å². The number of hydrogen-bond acceptors (Lipinski definition) is 4. The minimum atomic E-state index is -0.260. The molecule has 0 spiro atoms. The lowest BCUT2D eigenvalue weighted by atomic mass is 10.0. The molecule has 1 aliphatic rings. The number of hydrogen-bond donors (Lipinski definition) is 2. The van der Waals surface area contributed by atoms with Crippen molar-refractivity contribution in [2.45, 2.75) is 18.9 Å². The van der Waals surface area contributed by atoms with E-state index in [2.05, 4.69) is 20.4 Å². The molecule has 3 aromatic rings. The van der Waals surface area contributed by atoms with Crippen LogP contribution in [0.3, 0.4) is 0 Å². The highest BCUT2D eigenvalue weighted by molar-refractivity contribution is 5.95. The van der Waals surface area contributed by atoms with Crippen LogP contribution in [0.15, 0.2) is 54.6 Å². The first kappa shape index (κ1) is 19.9. The van der Waals surface area contributed by atoms with Crippen LogP contribution in [0, 0.1) is 5.82 Å². The zero-order valence-corrected chi connectivity index (χ0v) is 17.2. The molecule has 0 saturated carbocycles. The molecule has 1 saturated heterocycles. The summed E-state index contributed by atoms with van der Waals surface area (Å²) in [5.74, 6) is 0.520. The Morgan fingerprint density at radius 3 is 2.77 bits per heavy atom. The SMILES string of the molecule is CN(C)c1cccc(C(=O)N[C@H]2CCCN(c3cc(-c4ccc(F)cc4)[nH]n3)C2)c1. The lowest BCUT2D eigenvalue weighted by Crippen LogP contribution is -2.48. The van der Waals surface area contributed by atoms with Crippen LogP contribution in [-0.4, -0.2) is 49.3 Å². The summed E-state index contributed by atoms with van der Waals surface area (Å²) in [6.45, 7) is 1.59. The fourth-order valence-electron chi connectivity index (χ4n) is 3.75. The third-order valence-electron chi connectivity index (χ3n) is 5.42. The lowest BCUT2D eigenvalue weighted by molar-refractivity contribution is 0.0933. The molecule has 0 radical (unpaired) electrons. The van der Waals surface area contributed by atoms with Crippen LogP contribution in [0.25, 0.3) is 11.3 Å². The van der Waals surface area contributed by atoms with E-state index in [9.17, 15) is 9.18 Å². The van der Waals surface area contributed by atoms with E-state index in [0.29, 0.717) is 12.1 Å². The summed E-state index contributed by atoms with van der Waals surface area (Å²) < 4.78 is 13.2. The van der Waals surface area contributed by atoms with Crippen LogP contribution in [-0.2, 0) is 0 Å². The van der Waals surface area contributed by atoms with Crippen molar-refractivity contribution in [1.29, 1.82) is 0 Å². The Kier molecular flexibility index (Phi) is 5.70. The van der Waals surface area contributed by atoms with Gasteiger partial charge in [-0.2, -0.15) is 5.10 Å². The summed E-state index contributed by atoms with van der Waals surface area (Å²) in [6.07, 6.45) is 1.91. The summed E-state index contributed by atoms with van der Waals surface area (Å²) in [4.78, 5) is 16.9. The van der Waals surface area contributed by atoms with E-state index in [0.717, 1.165) is 42.1 Å². The molecule has 1 aliphatic heterocycles. The van der Waals surface area contributed by atoms with Crippen molar-refractivity contribution in [2.75, 3.05) is 37.0 Å². The van der Waals surface area contributed by atoms with Gasteiger partial charge in [-0.1, -0.05) is 6.07 Å². The number of H-pyrrole nitrogens is 1. The molecule has 1 amide bonds. The number of nitrogens with zero attached hydrogens (tertiary/aromatic N) is 3. The second kappa shape index (κ2) is 8.57. The van der Waals surface area contributed by atoms with Crippen LogP contribution in [0.5, 0.6) is 0 Å². The standard InChI is InChI=1S/C23H26FN5O/c1-28(2)20-7-3-5-17(13-20)23(30)25-19-6-4-12-29(15-19)22-14-21(26-27-22)16-8-10-18(24)11-9-16/h3,5,7-11,13-14,19H,4,6,12,15H2,1-2H3,(H,25,30)(H,26,27)/t19-/m0/s1. The van der Waals surface area contributed by atoms with Crippen molar-refractivity contribution < 1.29 is 9.18 Å². The van der Waals surface area contributed by atoms with Gasteiger partial charge in [0.05, 0.1) is 5.69 Å². The van der Waals surface area contributed by atoms with Crippen molar-refractivity contribution in [3.05, 3.63) is 66.0 Å². The summed E-state index contributed by atoms with van der Waals surface area (Å²) in [6, 6.07) is 16.0. The average molecular weight is 407 g/mol. The molecule has 1 atom stereocenters. The Balaban J connectivity index is 1.42. The summed E-state index contributed by atoms with van der Waals surface area (Å²) in [7, 11) is 3.92. The van der Waals surface area contributed by atoms with Crippen LogP contribution in [0.1, 0.15) is 23.2 Å². The zero-order valence-electron chi connectivity index (χ0n) is 17.2. The maximum atomic E-state index is 13.2. The number of aromatic nitrogens is 2. The summed E-state index contributed by atoms with van der Waals surface area (Å²) in [5, 5.41) is 10.6. The summed E-state index contributed by atoms with van der Waals surface area (Å²) >= 11 is 0. The first-order valence-electron chi connectivity index (χ1n) is 10.1. The number of nitrogens with one attached hydrogen (secondary N) is 2. The minimum absolute atomic E-state index is 0.0558. The van der Waals surface area contributed by atoms with Crippen LogP contribution >= 0.6 is 0 Å². The number of carbonyl (C=O) groups excluding carboxylic acids is 1. The number of piperidine rings is 1. The highest BCUT2D eigenvalue weighted by Crippen LogP contribution is 2.24. The number of amides is 1. The van der Waals surface area contributed by atoms with Gasteiger partial charge < -0.3 is 15.1 Å². The minimum Gasteiger partial charge on any atom is -0.378 e. The second-order valence-corrected chi connectivity index (χ2v) is 7.85. The molecule has 0 bridgehead atoms. The van der Waals surface area contributed by atoms with Gasteiger partial charge in [-0.05, 0) is 60.9 Å². The lowest BCUT2D eigenvalue weighted by Gasteiger charge is -2.33. The van der Waals surface area contributed by atoms with E-state index in [1.54, 1.807) is 12.1 Å². The molecule has 0 aliphatic carbocycles. The topological polar surface area (TPSA) is 64.3 Å². The van der Waals surface area contributed by atoms with Gasteiger partial charge >= 0.3 is 0 Å². The highest BCUT2D eigenvalue weighted by Gasteiger charge is 2.24. The Labute approximate surface area is 175 Å². The fourth-order valence-corrected chi connectivity index (χ4v) is 3.75. The maximum Gasteiger partial charge on any atom is 0.251 e. The molecular weight excluding hydrogens is 381 g/mol. The number of anilines is 2. The molecule has 2 aromatic carbocycles. The molecule has 1 fully saturated rings. The van der Waals surface area contributed by atoms with E-state index in [1.165, 1.54) is 12.1 Å². The zero-order chi connectivity index (χ0) is 21.1. The van der Waals surface area contributed by atoms with Crippen molar-refractivity contribution >= 4 is 17.4 Å². The van der Waals surface area contributed by atoms with E-state index in [-0.39, 0.29) is 17.8 Å². The Morgan fingerprint density at radius 2 is 2.00 bits per heavy atom. The first-order valence-corrected chi connectivity index (χ1v) is 10.1. The van der Waals surface area contributed by atoms with Crippen LogP contribution in [0.2, 0.25) is 0 Å². The number of rotatable bonds is 5. The molecule has 6 nitrogen and oxygen atoms in total. The number of benzene rings is 2. The van der Waals surface area contributed by atoms with E-state index < -0.39 is 0 Å². The van der Waals surface area contributed by atoms with E-state index >= 15 is 0 Å². The molecule has 4 rings (SSSR count). The average Bonchev–Trinajstić information content (AvgIpc) is 3.25. The van der Waals surface area contributed by atoms with Crippen molar-refractivity contribution in [3.8, 4) is 11.3 Å². The predicted octanol–water partition coefficient (Wildman–Crippen LogP) is 3.68. The molecule has 1 aromatic heterocycles. The van der Waals surface area contributed by atoms with Gasteiger partial charge in [0.2, 0.25) is 0 Å². The Bertz CT molecular complexity index is 1010. The molecule has 2 N–H and O–H groups in total. The Morgan fingerprint density at radius 1 is 1.20 bits per heavy atom. The van der Waals surface area contributed by atoms with Crippen molar-refractivity contribution in [1.82, 2.24) is 15.5 Å². The van der Waals surface area contributed by atoms with Gasteiger partial charge in [0.25, 0.3) is 5.91 Å². The third kappa shape index (κ3) is 4.45. The molecule has 156 valence electrons. The Hall–Kier alpha value is -3.35. The van der Waals surface area contributed by atoms with Gasteiger partial charge in [-0.3, -0.25) is 9.89 Å². The van der Waals surface area contributed by atoms with Gasteiger partial charge in [0.15, 0.2) is 5.82 Å². The normalized spacial score (nSPS) is 16.4. The highest BCUT2D eigenvalue weighted by atomic mass is 19.1. The smallest absolute Gasteiger partial charge is 0.251 e. The third-order valence-corrected chi connectivity index (χ3v) is 5.42.